The first-order valence-corrected chi connectivity index (χ1v) is 7.37. The van der Waals surface area contributed by atoms with Crippen molar-refractivity contribution in [1.29, 1.82) is 0 Å². The van der Waals surface area contributed by atoms with Crippen molar-refractivity contribution in [3.05, 3.63) is 71.4 Å². The van der Waals surface area contributed by atoms with Gasteiger partial charge < -0.3 is 9.32 Å². The highest BCUT2D eigenvalue weighted by molar-refractivity contribution is 5.92. The van der Waals surface area contributed by atoms with Gasteiger partial charge in [-0.2, -0.15) is 0 Å². The van der Waals surface area contributed by atoms with Crippen molar-refractivity contribution in [3.8, 4) is 0 Å². The van der Waals surface area contributed by atoms with Gasteiger partial charge in [0.05, 0.1) is 25.0 Å². The van der Waals surface area contributed by atoms with E-state index in [1.807, 2.05) is 43.3 Å². The molecule has 118 valence electrons. The SMILES string of the molecule is Cc1c(C(=O)N(C)Cc2ccco2)nnn1Cc1ccccc1. The maximum atomic E-state index is 12.5. The fraction of sp³-hybridized carbons (Fsp3) is 0.235. The largest absolute Gasteiger partial charge is 0.467 e. The van der Waals surface area contributed by atoms with Crippen LogP contribution in [0.5, 0.6) is 0 Å². The molecule has 6 nitrogen and oxygen atoms in total. The van der Waals surface area contributed by atoms with E-state index in [0.29, 0.717) is 18.8 Å². The minimum absolute atomic E-state index is 0.168. The van der Waals surface area contributed by atoms with E-state index in [1.165, 1.54) is 0 Å². The van der Waals surface area contributed by atoms with Gasteiger partial charge in [0.2, 0.25) is 0 Å². The molecule has 0 saturated heterocycles. The Bertz CT molecular complexity index is 778. The smallest absolute Gasteiger partial charge is 0.276 e. The topological polar surface area (TPSA) is 64.2 Å². The number of aromatic nitrogens is 3. The summed E-state index contributed by atoms with van der Waals surface area (Å²) in [6.07, 6.45) is 1.59. The minimum Gasteiger partial charge on any atom is -0.467 e. The van der Waals surface area contributed by atoms with Crippen molar-refractivity contribution in [2.75, 3.05) is 7.05 Å². The van der Waals surface area contributed by atoms with Crippen LogP contribution >= 0.6 is 0 Å². The van der Waals surface area contributed by atoms with Crippen LogP contribution in [0.1, 0.15) is 27.5 Å². The molecule has 3 rings (SSSR count). The van der Waals surface area contributed by atoms with Crippen LogP contribution in [0.4, 0.5) is 0 Å². The highest BCUT2D eigenvalue weighted by Gasteiger charge is 2.20. The number of hydrogen-bond donors (Lipinski definition) is 0. The molecule has 0 unspecified atom stereocenters. The average molecular weight is 310 g/mol. The molecule has 0 saturated carbocycles. The number of rotatable bonds is 5. The van der Waals surface area contributed by atoms with Crippen LogP contribution < -0.4 is 0 Å². The number of nitrogens with zero attached hydrogens (tertiary/aromatic N) is 4. The fourth-order valence-electron chi connectivity index (χ4n) is 2.35. The number of carbonyl (C=O) groups is 1. The van der Waals surface area contributed by atoms with Crippen LogP contribution in [0.25, 0.3) is 0 Å². The van der Waals surface area contributed by atoms with E-state index in [4.69, 9.17) is 4.42 Å². The summed E-state index contributed by atoms with van der Waals surface area (Å²) >= 11 is 0. The van der Waals surface area contributed by atoms with Crippen LogP contribution in [0, 0.1) is 6.92 Å². The summed E-state index contributed by atoms with van der Waals surface area (Å²) < 4.78 is 7.01. The number of benzene rings is 1. The second-order valence-corrected chi connectivity index (χ2v) is 5.41. The lowest BCUT2D eigenvalue weighted by Crippen LogP contribution is -2.27. The van der Waals surface area contributed by atoms with Crippen LogP contribution in [0.15, 0.2) is 53.1 Å². The lowest BCUT2D eigenvalue weighted by atomic mass is 10.2. The molecule has 23 heavy (non-hydrogen) atoms. The predicted molar refractivity (Wildman–Crippen MR) is 84.8 cm³/mol. The molecule has 0 N–H and O–H groups in total. The zero-order valence-corrected chi connectivity index (χ0v) is 13.1. The van der Waals surface area contributed by atoms with E-state index >= 15 is 0 Å². The van der Waals surface area contributed by atoms with Crippen LogP contribution in [-0.2, 0) is 13.1 Å². The molecule has 0 aliphatic carbocycles. The summed E-state index contributed by atoms with van der Waals surface area (Å²) in [6, 6.07) is 13.6. The summed E-state index contributed by atoms with van der Waals surface area (Å²) in [7, 11) is 1.72. The summed E-state index contributed by atoms with van der Waals surface area (Å²) in [5.74, 6) is 0.563. The summed E-state index contributed by atoms with van der Waals surface area (Å²) in [4.78, 5) is 14.1. The Morgan fingerprint density at radius 1 is 1.22 bits per heavy atom. The second kappa shape index (κ2) is 6.48. The number of carbonyl (C=O) groups excluding carboxylic acids is 1. The van der Waals surface area contributed by atoms with E-state index in [-0.39, 0.29) is 5.91 Å². The number of furan rings is 1. The molecule has 0 spiro atoms. The Morgan fingerprint density at radius 3 is 2.70 bits per heavy atom. The van der Waals surface area contributed by atoms with E-state index in [9.17, 15) is 4.79 Å². The van der Waals surface area contributed by atoms with Crippen LogP contribution in [0.3, 0.4) is 0 Å². The molecule has 0 aliphatic rings. The van der Waals surface area contributed by atoms with Gasteiger partial charge in [-0.3, -0.25) is 4.79 Å². The monoisotopic (exact) mass is 310 g/mol. The van der Waals surface area contributed by atoms with Crippen molar-refractivity contribution in [2.45, 2.75) is 20.0 Å². The summed E-state index contributed by atoms with van der Waals surface area (Å²) in [5, 5.41) is 8.16. The molecule has 2 heterocycles. The zero-order chi connectivity index (χ0) is 16.2. The van der Waals surface area contributed by atoms with Crippen LogP contribution in [0.2, 0.25) is 0 Å². The van der Waals surface area contributed by atoms with Gasteiger partial charge in [-0.25, -0.2) is 4.68 Å². The van der Waals surface area contributed by atoms with Crippen molar-refractivity contribution in [3.63, 3.8) is 0 Å². The van der Waals surface area contributed by atoms with Crippen LogP contribution in [-0.4, -0.2) is 32.8 Å². The molecule has 6 heteroatoms. The molecular formula is C17H18N4O2. The van der Waals surface area contributed by atoms with E-state index in [1.54, 1.807) is 29.0 Å². The number of amides is 1. The van der Waals surface area contributed by atoms with E-state index in [0.717, 1.165) is 17.0 Å². The highest BCUT2D eigenvalue weighted by Crippen LogP contribution is 2.12. The molecule has 3 aromatic rings. The summed E-state index contributed by atoms with van der Waals surface area (Å²) in [5.41, 5.74) is 2.24. The maximum absolute atomic E-state index is 12.5. The minimum atomic E-state index is -0.168. The van der Waals surface area contributed by atoms with E-state index < -0.39 is 0 Å². The van der Waals surface area contributed by atoms with E-state index in [2.05, 4.69) is 10.3 Å². The molecule has 0 bridgehead atoms. The Kier molecular flexibility index (Phi) is 4.23. The first-order valence-electron chi connectivity index (χ1n) is 7.37. The molecule has 0 fully saturated rings. The van der Waals surface area contributed by atoms with Crippen molar-refractivity contribution in [1.82, 2.24) is 19.9 Å². The van der Waals surface area contributed by atoms with Gasteiger partial charge >= 0.3 is 0 Å². The Hall–Kier alpha value is -2.89. The van der Waals surface area contributed by atoms with Crippen molar-refractivity contribution >= 4 is 5.91 Å². The van der Waals surface area contributed by atoms with Gasteiger partial charge in [0.25, 0.3) is 5.91 Å². The Balaban J connectivity index is 1.74. The predicted octanol–water partition coefficient (Wildman–Crippen LogP) is 2.50. The van der Waals surface area contributed by atoms with Gasteiger partial charge in [0.15, 0.2) is 5.69 Å². The lowest BCUT2D eigenvalue weighted by molar-refractivity contribution is 0.0768. The molecule has 1 aromatic carbocycles. The average Bonchev–Trinajstić information content (AvgIpc) is 3.19. The molecule has 0 radical (unpaired) electrons. The Morgan fingerprint density at radius 2 is 2.00 bits per heavy atom. The Labute approximate surface area is 134 Å². The lowest BCUT2D eigenvalue weighted by Gasteiger charge is -2.14. The third-order valence-electron chi connectivity index (χ3n) is 3.68. The van der Waals surface area contributed by atoms with Gasteiger partial charge in [0, 0.05) is 7.05 Å². The standard InChI is InChI=1S/C17H18N4O2/c1-13-16(17(22)20(2)12-15-9-6-10-23-15)18-19-21(13)11-14-7-4-3-5-8-14/h3-10H,11-12H2,1-2H3. The first-order chi connectivity index (χ1) is 11.1. The fourth-order valence-corrected chi connectivity index (χ4v) is 2.35. The normalized spacial score (nSPS) is 10.7. The highest BCUT2D eigenvalue weighted by atomic mass is 16.3. The molecule has 0 atom stereocenters. The maximum Gasteiger partial charge on any atom is 0.276 e. The van der Waals surface area contributed by atoms with Gasteiger partial charge in [-0.15, -0.1) is 5.10 Å². The molecule has 2 aromatic heterocycles. The van der Waals surface area contributed by atoms with Crippen molar-refractivity contribution in [2.24, 2.45) is 0 Å². The van der Waals surface area contributed by atoms with Gasteiger partial charge in [-0.05, 0) is 24.6 Å². The second-order valence-electron chi connectivity index (χ2n) is 5.41. The zero-order valence-electron chi connectivity index (χ0n) is 13.1. The third-order valence-corrected chi connectivity index (χ3v) is 3.68. The van der Waals surface area contributed by atoms with Gasteiger partial charge in [-0.1, -0.05) is 35.5 Å². The molecular weight excluding hydrogens is 292 g/mol. The third kappa shape index (κ3) is 3.31. The van der Waals surface area contributed by atoms with Crippen molar-refractivity contribution < 1.29 is 9.21 Å². The number of hydrogen-bond acceptors (Lipinski definition) is 4. The van der Waals surface area contributed by atoms with Gasteiger partial charge in [0.1, 0.15) is 5.76 Å². The molecule has 1 amide bonds. The molecule has 0 aliphatic heterocycles. The first kappa shape index (κ1) is 15.0. The summed E-state index contributed by atoms with van der Waals surface area (Å²) in [6.45, 7) is 2.85. The quantitative estimate of drug-likeness (QED) is 0.726.